The molecular formula is C106H79BrF9N7O17. The van der Waals surface area contributed by atoms with Crippen molar-refractivity contribution in [2.45, 2.75) is 25.8 Å². The number of ether oxygens (including phenoxy) is 6. The van der Waals surface area contributed by atoms with Gasteiger partial charge in [0.15, 0.2) is 17.2 Å². The molecule has 17 aromatic carbocycles. The smallest absolute Gasteiger partial charge is 0.507 e. The van der Waals surface area contributed by atoms with Gasteiger partial charge in [-0.3, -0.25) is 33.6 Å². The van der Waals surface area contributed by atoms with Gasteiger partial charge < -0.3 is 86.1 Å². The predicted molar refractivity (Wildman–Crippen MR) is 519 cm³/mol. The number of nitrogens with one attached hydrogen (secondary N) is 7. The number of methoxy groups -OCH3 is 2. The van der Waals surface area contributed by atoms with Gasteiger partial charge in [-0.15, -0.1) is 26.3 Å². The highest BCUT2D eigenvalue weighted by atomic mass is 79.9. The Morgan fingerprint density at radius 2 is 0.607 bits per heavy atom. The number of hydrogen-bond donors (Lipinski definition) is 11. The van der Waals surface area contributed by atoms with Crippen LogP contribution in [0.25, 0.3) is 53.9 Å². The Morgan fingerprint density at radius 3 is 0.993 bits per heavy atom. The first-order valence-corrected chi connectivity index (χ1v) is 42.6. The van der Waals surface area contributed by atoms with Crippen LogP contribution in [0.1, 0.15) is 67.7 Å². The molecule has 0 unspecified atom stereocenters. The maximum Gasteiger partial charge on any atom is 0.573 e. The van der Waals surface area contributed by atoms with Gasteiger partial charge in [-0.1, -0.05) is 192 Å². The molecule has 0 atom stereocenters. The highest BCUT2D eigenvalue weighted by molar-refractivity contribution is 9.10. The molecule has 0 bridgehead atoms. The summed E-state index contributed by atoms with van der Waals surface area (Å²) >= 11 is 3.34. The molecule has 1 aliphatic rings. The molecule has 0 aliphatic carbocycles. The Hall–Kier alpha value is -17.8. The minimum absolute atomic E-state index is 0.0141. The number of amides is 7. The van der Waals surface area contributed by atoms with E-state index in [1.54, 1.807) is 176 Å². The number of aryl methyl sites for hydroxylation is 1. The first-order valence-electron chi connectivity index (χ1n) is 41.8. The molecule has 0 saturated carbocycles. The number of carbonyl (C=O) groups is 7. The maximum absolute atomic E-state index is 12.8. The van der Waals surface area contributed by atoms with E-state index in [1.165, 1.54) is 67.8 Å². The second-order valence-electron chi connectivity index (χ2n) is 30.2. The number of anilines is 7. The molecule has 7 amide bonds. The molecule has 17 aromatic rings. The summed E-state index contributed by atoms with van der Waals surface area (Å²) in [5.41, 5.74) is 4.18. The number of phenolic OH excluding ortho intramolecular Hbond substituents is 4. The van der Waals surface area contributed by atoms with Gasteiger partial charge in [-0.2, -0.15) is 13.2 Å². The standard InChI is InChI=1S/C20H15F3N2O3.2C18H12F3NO3.C18H15NO2.C17H12BrNO2.C15H13NO4/c1-28-17-9-5-4-8-15(17)24-18(26)14-10-12-6-2-3-7-13(12)11-16(14)25-19(27)20(21,22)23;19-18(20,21)25-16-8-4-3-7-14(16)22-17(24)13-9-11-5-1-2-6-12(11)10-15(13)23;19-18(20,21)25-14-7-5-13(6-8-14)22-17(24)15-9-11-3-1-2-4-12(11)10-16(15)23;1-12-6-2-5-9-16(12)19-18(21)15-10-13-7-3-4-8-14(13)11-17(15)20;18-13-5-7-14(8-6-13)19-17(21)15-9-11-3-1-2-4-12(11)10-16(15)20;1-18-12-5-3-2-4-11(12)16-15(17)10-6-7-13-14(8-10)20-9-19-13/h2-11H,1H3,(H,24,26)(H,25,27);2*1-10,23H,(H,22,24);2-11,20H,1H3,(H,19,21);1-10,20H,(H,19,21);2-8H,9H2,1H3,(H,16,17). The fourth-order valence-corrected chi connectivity index (χ4v) is 14.1. The van der Waals surface area contributed by atoms with E-state index in [9.17, 15) is 93.5 Å². The highest BCUT2D eigenvalue weighted by Gasteiger charge is 2.40. The summed E-state index contributed by atoms with van der Waals surface area (Å²) in [6, 6.07) is 95.2. The van der Waals surface area contributed by atoms with Crippen LogP contribution in [0.4, 0.5) is 79.3 Å². The minimum atomic E-state index is -5.08. The topological polar surface area (TPSA) is 340 Å². The summed E-state index contributed by atoms with van der Waals surface area (Å²) in [7, 11) is 2.99. The Bertz CT molecular complexity index is 7460. The van der Waals surface area contributed by atoms with Crippen LogP contribution in [0.3, 0.4) is 0 Å². The van der Waals surface area contributed by atoms with Gasteiger partial charge in [-0.25, -0.2) is 0 Å². The molecule has 18 rings (SSSR count). The SMILES string of the molecule is COc1ccccc1NC(=O)c1cc2ccccc2cc1NC(=O)C(F)(F)F.COc1ccccc1NC(=O)c1ccc2c(c1)OCO2.Cc1ccccc1NC(=O)c1cc2ccccc2cc1O.O=C(Nc1ccc(Br)cc1)c1cc2ccccc2cc1O.O=C(Nc1ccc(OC(F)(F)F)cc1)c1cc2ccccc2cc1O.O=C(Nc1ccccc1OC(F)(F)F)c1cc2ccccc2cc1O. The molecule has 11 N–H and O–H groups in total. The summed E-state index contributed by atoms with van der Waals surface area (Å²) in [5.74, 6) is -4.24. The number of rotatable bonds is 17. The monoisotopic (exact) mass is 1970 g/mol. The lowest BCUT2D eigenvalue weighted by Gasteiger charge is -2.15. The number of benzene rings is 17. The number of fused-ring (bicyclic) bond motifs is 6. The quantitative estimate of drug-likeness (QED) is 0.0377. The Balaban J connectivity index is 0.000000142. The average Bonchev–Trinajstić information content (AvgIpc) is 1.87. The van der Waals surface area contributed by atoms with Crippen molar-refractivity contribution >= 4 is 151 Å². The number of halogens is 10. The van der Waals surface area contributed by atoms with Crippen molar-refractivity contribution in [3.05, 3.63) is 389 Å². The van der Waals surface area contributed by atoms with E-state index in [0.717, 1.165) is 71.6 Å². The summed E-state index contributed by atoms with van der Waals surface area (Å²) in [5, 5.41) is 65.7. The fourth-order valence-electron chi connectivity index (χ4n) is 13.8. The van der Waals surface area contributed by atoms with Crippen molar-refractivity contribution in [1.82, 2.24) is 0 Å². The van der Waals surface area contributed by atoms with Crippen molar-refractivity contribution < 1.29 is 122 Å². The normalized spacial score (nSPS) is 11.2. The second kappa shape index (κ2) is 45.0. The van der Waals surface area contributed by atoms with E-state index in [4.69, 9.17) is 18.9 Å². The van der Waals surface area contributed by atoms with Crippen LogP contribution in [0.15, 0.2) is 350 Å². The fraction of sp³-hybridized carbons (Fsp3) is 0.0660. The zero-order chi connectivity index (χ0) is 100.0. The largest absolute Gasteiger partial charge is 0.573 e. The maximum atomic E-state index is 12.8. The first-order chi connectivity index (χ1) is 67.0. The van der Waals surface area contributed by atoms with Gasteiger partial charge in [0.1, 0.15) is 40.2 Å². The molecule has 1 heterocycles. The molecule has 1 aliphatic heterocycles. The third kappa shape index (κ3) is 26.8. The van der Waals surface area contributed by atoms with Gasteiger partial charge in [0.05, 0.1) is 64.8 Å². The van der Waals surface area contributed by atoms with Crippen molar-refractivity contribution in [2.75, 3.05) is 58.2 Å². The number of carbonyl (C=O) groups excluding carboxylic acids is 7. The van der Waals surface area contributed by atoms with Gasteiger partial charge in [0.25, 0.3) is 35.4 Å². The van der Waals surface area contributed by atoms with Crippen LogP contribution in [0, 0.1) is 6.92 Å². The molecule has 0 saturated heterocycles. The van der Waals surface area contributed by atoms with Gasteiger partial charge in [0.2, 0.25) is 6.79 Å². The second-order valence-corrected chi connectivity index (χ2v) is 31.1. The van der Waals surface area contributed by atoms with Gasteiger partial charge in [0, 0.05) is 27.1 Å². The van der Waals surface area contributed by atoms with Crippen LogP contribution in [-0.4, -0.2) is 102 Å². The molecule has 140 heavy (non-hydrogen) atoms. The van der Waals surface area contributed by atoms with E-state index in [1.807, 2.05) is 110 Å². The van der Waals surface area contributed by atoms with Gasteiger partial charge in [-0.05, 0) is 236 Å². The molecular weight excluding hydrogens is 1890 g/mol. The van der Waals surface area contributed by atoms with Crippen LogP contribution in [-0.2, 0) is 4.79 Å². The number of hydrogen-bond acceptors (Lipinski definition) is 17. The Kier molecular flexibility index (Phi) is 32.0. The van der Waals surface area contributed by atoms with Crippen molar-refractivity contribution in [2.24, 2.45) is 0 Å². The lowest BCUT2D eigenvalue weighted by Crippen LogP contribution is -2.31. The van der Waals surface area contributed by atoms with Crippen LogP contribution >= 0.6 is 15.9 Å². The number of aromatic hydroxyl groups is 4. The van der Waals surface area contributed by atoms with Crippen LogP contribution < -0.4 is 65.6 Å². The Labute approximate surface area is 799 Å². The summed E-state index contributed by atoms with van der Waals surface area (Å²) < 4.78 is 141. The molecule has 24 nitrogen and oxygen atoms in total. The Morgan fingerprint density at radius 1 is 0.300 bits per heavy atom. The van der Waals surface area contributed by atoms with E-state index in [0.29, 0.717) is 61.8 Å². The molecule has 710 valence electrons. The summed E-state index contributed by atoms with van der Waals surface area (Å²) in [6.45, 7) is 2.11. The first kappa shape index (κ1) is 99.7. The lowest BCUT2D eigenvalue weighted by molar-refractivity contribution is -0.275. The number of phenols is 4. The van der Waals surface area contributed by atoms with E-state index in [2.05, 4.69) is 57.3 Å². The minimum Gasteiger partial charge on any atom is -0.507 e. The van der Waals surface area contributed by atoms with E-state index in [-0.39, 0.29) is 98.1 Å². The molecule has 0 radical (unpaired) electrons. The molecule has 0 aromatic heterocycles. The summed E-state index contributed by atoms with van der Waals surface area (Å²) in [6.07, 6.45) is -14.7. The third-order valence-corrected chi connectivity index (χ3v) is 21.1. The predicted octanol–water partition coefficient (Wildman–Crippen LogP) is 25.3. The summed E-state index contributed by atoms with van der Waals surface area (Å²) in [4.78, 5) is 85.8. The van der Waals surface area contributed by atoms with Crippen molar-refractivity contribution in [3.63, 3.8) is 0 Å². The number of para-hydroxylation sites is 7. The average molecular weight is 1970 g/mol. The third-order valence-electron chi connectivity index (χ3n) is 20.6. The zero-order valence-electron chi connectivity index (χ0n) is 73.5. The molecule has 0 fully saturated rings. The lowest BCUT2D eigenvalue weighted by atomic mass is 10.0. The molecule has 0 spiro atoms. The van der Waals surface area contributed by atoms with E-state index >= 15 is 0 Å². The van der Waals surface area contributed by atoms with Crippen LogP contribution in [0.5, 0.6) is 57.5 Å². The number of alkyl halides is 9. The van der Waals surface area contributed by atoms with Gasteiger partial charge >= 0.3 is 24.8 Å². The van der Waals surface area contributed by atoms with Crippen molar-refractivity contribution in [1.29, 1.82) is 0 Å². The highest BCUT2D eigenvalue weighted by Crippen LogP contribution is 2.39. The zero-order valence-corrected chi connectivity index (χ0v) is 75.1. The van der Waals surface area contributed by atoms with Crippen molar-refractivity contribution in [3.8, 4) is 57.5 Å². The van der Waals surface area contributed by atoms with E-state index < -0.39 is 48.3 Å². The molecule has 34 heteroatoms. The van der Waals surface area contributed by atoms with Crippen LogP contribution in [0.2, 0.25) is 0 Å².